The molecule has 1 rings (SSSR count). The maximum absolute atomic E-state index is 12.7. The lowest BCUT2D eigenvalue weighted by molar-refractivity contribution is 0.0643. The average Bonchev–Trinajstić information content (AvgIpc) is 1.60. The summed E-state index contributed by atoms with van der Waals surface area (Å²) in [7, 11) is 0. The molecule has 1 fully saturated rings. The van der Waals surface area contributed by atoms with Gasteiger partial charge in [0.05, 0.1) is 0 Å². The third-order valence-electron chi connectivity index (χ3n) is 1.67. The van der Waals surface area contributed by atoms with Crippen LogP contribution in [0.1, 0.15) is 25.7 Å². The zero-order chi connectivity index (χ0) is 6.91. The number of alkyl halides is 2. The van der Waals surface area contributed by atoms with Gasteiger partial charge in [-0.2, -0.15) is 0 Å². The van der Waals surface area contributed by atoms with E-state index in [-0.39, 0.29) is 6.42 Å². The summed E-state index contributed by atoms with van der Waals surface area (Å²) in [6, 6.07) is 0. The molecular weight excluding hydrogens is 124 g/mol. The summed E-state index contributed by atoms with van der Waals surface area (Å²) in [4.78, 5) is 0. The molecule has 0 heterocycles. The summed E-state index contributed by atoms with van der Waals surface area (Å²) in [5.41, 5.74) is 5.06. The first-order valence-electron chi connectivity index (χ1n) is 3.22. The molecule has 0 aliphatic heterocycles. The number of nitrogens with two attached hydrogens (primary N) is 1. The predicted molar refractivity (Wildman–Crippen MR) is 31.4 cm³/mol. The molecular formula is C6H11F2N. The van der Waals surface area contributed by atoms with Gasteiger partial charge in [0.1, 0.15) is 6.17 Å². The minimum atomic E-state index is -1.72. The summed E-state index contributed by atoms with van der Waals surface area (Å²) < 4.78 is 25.0. The van der Waals surface area contributed by atoms with Gasteiger partial charge in [-0.15, -0.1) is 0 Å². The first-order chi connectivity index (χ1) is 4.10. The molecule has 2 atom stereocenters. The van der Waals surface area contributed by atoms with Crippen molar-refractivity contribution in [3.05, 3.63) is 0 Å². The quantitative estimate of drug-likeness (QED) is 0.501. The molecule has 3 heteroatoms. The Morgan fingerprint density at radius 2 is 2.22 bits per heavy atom. The minimum absolute atomic E-state index is 0.118. The average molecular weight is 135 g/mol. The number of hydrogen-bond acceptors (Lipinski definition) is 1. The molecule has 0 spiro atoms. The Hall–Kier alpha value is -0.180. The first-order valence-corrected chi connectivity index (χ1v) is 3.22. The lowest BCUT2D eigenvalue weighted by Gasteiger charge is -2.26. The topological polar surface area (TPSA) is 26.0 Å². The summed E-state index contributed by atoms with van der Waals surface area (Å²) >= 11 is 0. The maximum Gasteiger partial charge on any atom is 0.161 e. The van der Waals surface area contributed by atoms with Crippen LogP contribution in [0.25, 0.3) is 0 Å². The Morgan fingerprint density at radius 3 is 2.56 bits per heavy atom. The van der Waals surface area contributed by atoms with E-state index in [0.29, 0.717) is 19.3 Å². The first kappa shape index (κ1) is 6.93. The van der Waals surface area contributed by atoms with Crippen LogP contribution in [0.2, 0.25) is 0 Å². The molecule has 0 aromatic carbocycles. The molecule has 1 aliphatic carbocycles. The Kier molecular flexibility index (Phi) is 1.70. The van der Waals surface area contributed by atoms with Crippen molar-refractivity contribution in [2.24, 2.45) is 5.73 Å². The van der Waals surface area contributed by atoms with E-state index in [1.807, 2.05) is 0 Å². The zero-order valence-corrected chi connectivity index (χ0v) is 5.24. The van der Waals surface area contributed by atoms with Gasteiger partial charge in [0, 0.05) is 6.42 Å². The Morgan fingerprint density at radius 1 is 1.56 bits per heavy atom. The van der Waals surface area contributed by atoms with Crippen LogP contribution in [0, 0.1) is 0 Å². The second-order valence-electron chi connectivity index (χ2n) is 2.73. The van der Waals surface area contributed by atoms with Crippen LogP contribution in [0.3, 0.4) is 0 Å². The van der Waals surface area contributed by atoms with Gasteiger partial charge in [-0.25, -0.2) is 8.78 Å². The van der Waals surface area contributed by atoms with Crippen LogP contribution in [0.4, 0.5) is 8.78 Å². The molecule has 0 radical (unpaired) electrons. The van der Waals surface area contributed by atoms with E-state index in [0.717, 1.165) is 0 Å². The van der Waals surface area contributed by atoms with Crippen molar-refractivity contribution in [1.82, 2.24) is 0 Å². The van der Waals surface area contributed by atoms with Gasteiger partial charge in [-0.1, -0.05) is 0 Å². The predicted octanol–water partition coefficient (Wildman–Crippen LogP) is 1.52. The molecule has 1 aliphatic rings. The SMILES string of the molecule is NC1(F)CCCC(F)C1. The number of rotatable bonds is 0. The molecule has 0 saturated heterocycles. The molecule has 2 unspecified atom stereocenters. The third kappa shape index (κ3) is 1.90. The summed E-state index contributed by atoms with van der Waals surface area (Å²) in [6.07, 6.45) is 0.228. The van der Waals surface area contributed by atoms with Gasteiger partial charge in [0.15, 0.2) is 5.79 Å². The fourth-order valence-electron chi connectivity index (χ4n) is 1.19. The second-order valence-corrected chi connectivity index (χ2v) is 2.73. The third-order valence-corrected chi connectivity index (χ3v) is 1.67. The van der Waals surface area contributed by atoms with Gasteiger partial charge in [-0.05, 0) is 19.3 Å². The molecule has 0 amide bonds. The van der Waals surface area contributed by atoms with Crippen LogP contribution in [-0.2, 0) is 0 Å². The minimum Gasteiger partial charge on any atom is -0.299 e. The summed E-state index contributed by atoms with van der Waals surface area (Å²) in [5, 5.41) is 0. The Labute approximate surface area is 53.2 Å². The molecule has 2 N–H and O–H groups in total. The normalized spacial score (nSPS) is 45.0. The number of hydrogen-bond donors (Lipinski definition) is 1. The molecule has 1 nitrogen and oxygen atoms in total. The molecule has 0 aromatic rings. The van der Waals surface area contributed by atoms with Crippen LogP contribution in [-0.4, -0.2) is 12.0 Å². The van der Waals surface area contributed by atoms with E-state index in [1.54, 1.807) is 0 Å². The van der Waals surface area contributed by atoms with Gasteiger partial charge in [0.25, 0.3) is 0 Å². The molecule has 0 bridgehead atoms. The standard InChI is InChI=1S/C6H11F2N/c7-5-2-1-3-6(8,9)4-5/h5H,1-4,9H2. The van der Waals surface area contributed by atoms with Gasteiger partial charge in [-0.3, -0.25) is 5.73 Å². The van der Waals surface area contributed by atoms with Crippen molar-refractivity contribution in [3.63, 3.8) is 0 Å². The van der Waals surface area contributed by atoms with Crippen LogP contribution < -0.4 is 5.73 Å². The monoisotopic (exact) mass is 135 g/mol. The van der Waals surface area contributed by atoms with Crippen molar-refractivity contribution in [2.45, 2.75) is 37.6 Å². The maximum atomic E-state index is 12.7. The van der Waals surface area contributed by atoms with Crippen molar-refractivity contribution in [3.8, 4) is 0 Å². The van der Waals surface area contributed by atoms with E-state index >= 15 is 0 Å². The van der Waals surface area contributed by atoms with Crippen molar-refractivity contribution in [2.75, 3.05) is 0 Å². The highest BCUT2D eigenvalue weighted by molar-refractivity contribution is 4.81. The van der Waals surface area contributed by atoms with Crippen molar-refractivity contribution in [1.29, 1.82) is 0 Å². The van der Waals surface area contributed by atoms with Gasteiger partial charge in [0.2, 0.25) is 0 Å². The van der Waals surface area contributed by atoms with E-state index in [1.165, 1.54) is 0 Å². The Balaban J connectivity index is 2.41. The summed E-state index contributed by atoms with van der Waals surface area (Å²) in [5.74, 6) is -1.72. The smallest absolute Gasteiger partial charge is 0.161 e. The van der Waals surface area contributed by atoms with E-state index in [9.17, 15) is 8.78 Å². The van der Waals surface area contributed by atoms with E-state index in [2.05, 4.69) is 0 Å². The van der Waals surface area contributed by atoms with Gasteiger partial charge >= 0.3 is 0 Å². The molecule has 9 heavy (non-hydrogen) atoms. The fourth-order valence-corrected chi connectivity index (χ4v) is 1.19. The summed E-state index contributed by atoms with van der Waals surface area (Å²) in [6.45, 7) is 0. The number of halogens is 2. The van der Waals surface area contributed by atoms with Crippen LogP contribution in [0.5, 0.6) is 0 Å². The lowest BCUT2D eigenvalue weighted by atomic mass is 9.92. The second kappa shape index (κ2) is 2.21. The fraction of sp³-hybridized carbons (Fsp3) is 1.00. The van der Waals surface area contributed by atoms with E-state index < -0.39 is 12.0 Å². The molecule has 54 valence electrons. The van der Waals surface area contributed by atoms with Crippen LogP contribution in [0.15, 0.2) is 0 Å². The highest BCUT2D eigenvalue weighted by Gasteiger charge is 2.32. The van der Waals surface area contributed by atoms with Gasteiger partial charge < -0.3 is 0 Å². The molecule has 1 saturated carbocycles. The van der Waals surface area contributed by atoms with Crippen molar-refractivity contribution < 1.29 is 8.78 Å². The van der Waals surface area contributed by atoms with E-state index in [4.69, 9.17) is 5.73 Å². The highest BCUT2D eigenvalue weighted by Crippen LogP contribution is 2.28. The zero-order valence-electron chi connectivity index (χ0n) is 5.24. The van der Waals surface area contributed by atoms with Crippen LogP contribution >= 0.6 is 0 Å². The molecule has 0 aromatic heterocycles. The lowest BCUT2D eigenvalue weighted by Crippen LogP contribution is -2.40. The van der Waals surface area contributed by atoms with Crippen molar-refractivity contribution >= 4 is 0 Å². The largest absolute Gasteiger partial charge is 0.299 e. The Bertz CT molecular complexity index is 103. The highest BCUT2D eigenvalue weighted by atomic mass is 19.2.